The molecule has 3 unspecified atom stereocenters. The second-order valence-corrected chi connectivity index (χ2v) is 8.96. The maximum atomic E-state index is 14.1. The van der Waals surface area contributed by atoms with E-state index in [4.69, 9.17) is 9.83 Å². The molecular formula is C25H30FN3O2. The van der Waals surface area contributed by atoms with Crippen molar-refractivity contribution in [3.8, 4) is 11.1 Å². The summed E-state index contributed by atoms with van der Waals surface area (Å²) in [5.74, 6) is 0.886. The number of halogens is 1. The molecule has 1 fully saturated rings. The second-order valence-electron chi connectivity index (χ2n) is 8.96. The van der Waals surface area contributed by atoms with Gasteiger partial charge in [0.15, 0.2) is 0 Å². The van der Waals surface area contributed by atoms with Crippen molar-refractivity contribution in [3.63, 3.8) is 0 Å². The first kappa shape index (κ1) is 21.5. The number of hydrogen-bond acceptors (Lipinski definition) is 4. The first-order valence-electron chi connectivity index (χ1n) is 11.0. The van der Waals surface area contributed by atoms with Gasteiger partial charge in [-0.25, -0.2) is 19.7 Å². The van der Waals surface area contributed by atoms with Crippen LogP contribution in [0.4, 0.5) is 4.39 Å². The summed E-state index contributed by atoms with van der Waals surface area (Å²) in [4.78, 5) is 25.6. The van der Waals surface area contributed by atoms with E-state index in [-0.39, 0.29) is 23.7 Å². The van der Waals surface area contributed by atoms with Crippen molar-refractivity contribution < 1.29 is 14.0 Å². The Morgan fingerprint density at radius 3 is 2.58 bits per heavy atom. The number of aliphatic imine (C=N–C) groups is 1. The SMILES string of the molecule is CC(C)C(C)C(=O)N1CCCC1C1=NC(C)(c2ccc(-c3ccccc3F)cc2)ON1. The largest absolute Gasteiger partial charge is 0.332 e. The molecule has 0 saturated carbocycles. The predicted octanol–water partition coefficient (Wildman–Crippen LogP) is 4.88. The molecule has 5 nitrogen and oxygen atoms in total. The highest BCUT2D eigenvalue weighted by molar-refractivity contribution is 5.93. The molecule has 2 heterocycles. The molecule has 0 aliphatic carbocycles. The second kappa shape index (κ2) is 8.42. The van der Waals surface area contributed by atoms with Crippen molar-refractivity contribution in [2.24, 2.45) is 16.8 Å². The fraction of sp³-hybridized carbons (Fsp3) is 0.440. The molecule has 2 aliphatic heterocycles. The molecule has 6 heteroatoms. The van der Waals surface area contributed by atoms with Gasteiger partial charge >= 0.3 is 0 Å². The molecule has 1 saturated heterocycles. The highest BCUT2D eigenvalue weighted by Crippen LogP contribution is 2.34. The third-order valence-electron chi connectivity index (χ3n) is 6.53. The molecule has 1 amide bonds. The summed E-state index contributed by atoms with van der Waals surface area (Å²) < 4.78 is 14.1. The van der Waals surface area contributed by atoms with Crippen molar-refractivity contribution in [2.75, 3.05) is 6.54 Å². The lowest BCUT2D eigenvalue weighted by atomic mass is 9.96. The van der Waals surface area contributed by atoms with Crippen LogP contribution >= 0.6 is 0 Å². The molecule has 2 aliphatic rings. The molecule has 0 bridgehead atoms. The van der Waals surface area contributed by atoms with E-state index >= 15 is 0 Å². The maximum Gasteiger partial charge on any atom is 0.226 e. The van der Waals surface area contributed by atoms with Gasteiger partial charge in [-0.3, -0.25) is 4.79 Å². The fourth-order valence-electron chi connectivity index (χ4n) is 4.21. The minimum atomic E-state index is -0.899. The number of likely N-dealkylation sites (tertiary alicyclic amines) is 1. The maximum absolute atomic E-state index is 14.1. The van der Waals surface area contributed by atoms with Crippen molar-refractivity contribution in [3.05, 3.63) is 59.9 Å². The Labute approximate surface area is 183 Å². The predicted molar refractivity (Wildman–Crippen MR) is 120 cm³/mol. The van der Waals surface area contributed by atoms with Crippen molar-refractivity contribution in [1.29, 1.82) is 0 Å². The standard InChI is InChI=1S/C25H30FN3O2/c1-16(2)17(3)24(30)29-15-7-10-22(29)23-27-25(4,31-28-23)19-13-11-18(12-14-19)20-8-5-6-9-21(20)26/h5-6,8-9,11-14,16-17,22H,7,10,15H2,1-4H3,(H,27,28). The van der Waals surface area contributed by atoms with E-state index in [0.29, 0.717) is 17.3 Å². The van der Waals surface area contributed by atoms with Crippen molar-refractivity contribution >= 4 is 11.7 Å². The van der Waals surface area contributed by atoms with Gasteiger partial charge in [-0.05, 0) is 37.3 Å². The zero-order chi connectivity index (χ0) is 22.2. The van der Waals surface area contributed by atoms with Gasteiger partial charge < -0.3 is 4.90 Å². The summed E-state index contributed by atoms with van der Waals surface area (Å²) in [6, 6.07) is 14.2. The number of hydroxylamine groups is 1. The van der Waals surface area contributed by atoms with Gasteiger partial charge in [0.05, 0.1) is 6.04 Å². The van der Waals surface area contributed by atoms with Crippen molar-refractivity contribution in [1.82, 2.24) is 10.4 Å². The Hall–Kier alpha value is -2.73. The van der Waals surface area contributed by atoms with Crippen LogP contribution in [-0.4, -0.2) is 29.2 Å². The molecule has 4 rings (SSSR count). The molecule has 2 aromatic rings. The molecule has 1 N–H and O–H groups in total. The van der Waals surface area contributed by atoms with Crippen LogP contribution in [0.25, 0.3) is 11.1 Å². The third-order valence-corrected chi connectivity index (χ3v) is 6.53. The molecule has 0 radical (unpaired) electrons. The number of amidine groups is 1. The van der Waals surface area contributed by atoms with E-state index in [0.717, 1.165) is 30.5 Å². The number of nitrogens with zero attached hydrogens (tertiary/aromatic N) is 2. The van der Waals surface area contributed by atoms with Crippen LogP contribution in [0.15, 0.2) is 53.5 Å². The minimum Gasteiger partial charge on any atom is -0.332 e. The Balaban J connectivity index is 1.55. The van der Waals surface area contributed by atoms with Crippen LogP contribution in [0.2, 0.25) is 0 Å². The quantitative estimate of drug-likeness (QED) is 0.746. The topological polar surface area (TPSA) is 53.9 Å². The van der Waals surface area contributed by atoms with Crippen LogP contribution in [0, 0.1) is 17.7 Å². The number of hydrogen-bond donors (Lipinski definition) is 1. The normalized spacial score (nSPS) is 24.3. The first-order valence-corrected chi connectivity index (χ1v) is 11.0. The van der Waals surface area contributed by atoms with Gasteiger partial charge in [-0.2, -0.15) is 0 Å². The summed E-state index contributed by atoms with van der Waals surface area (Å²) in [6.45, 7) is 8.77. The van der Waals surface area contributed by atoms with Gasteiger partial charge in [0.25, 0.3) is 0 Å². The number of amides is 1. The molecular weight excluding hydrogens is 393 g/mol. The third kappa shape index (κ3) is 4.09. The van der Waals surface area contributed by atoms with Crippen LogP contribution < -0.4 is 5.48 Å². The van der Waals surface area contributed by atoms with E-state index in [9.17, 15) is 9.18 Å². The highest BCUT2D eigenvalue weighted by atomic mass is 19.1. The zero-order valence-electron chi connectivity index (χ0n) is 18.6. The van der Waals surface area contributed by atoms with Gasteiger partial charge in [0.1, 0.15) is 11.7 Å². The van der Waals surface area contributed by atoms with Gasteiger partial charge in [0, 0.05) is 23.6 Å². The average Bonchev–Trinajstić information content (AvgIpc) is 3.40. The lowest BCUT2D eigenvalue weighted by Crippen LogP contribution is -2.46. The Bertz CT molecular complexity index is 989. The Kier molecular flexibility index (Phi) is 5.84. The molecule has 164 valence electrons. The Morgan fingerprint density at radius 2 is 1.90 bits per heavy atom. The fourth-order valence-corrected chi connectivity index (χ4v) is 4.21. The highest BCUT2D eigenvalue weighted by Gasteiger charge is 2.41. The molecule has 0 spiro atoms. The lowest BCUT2D eigenvalue weighted by Gasteiger charge is -2.28. The van der Waals surface area contributed by atoms with Crippen LogP contribution in [0.5, 0.6) is 0 Å². The molecule has 3 atom stereocenters. The molecule has 0 aromatic heterocycles. The van der Waals surface area contributed by atoms with Crippen LogP contribution in [0.3, 0.4) is 0 Å². The van der Waals surface area contributed by atoms with E-state index < -0.39 is 5.72 Å². The number of benzene rings is 2. The van der Waals surface area contributed by atoms with E-state index in [2.05, 4.69) is 19.3 Å². The molecule has 2 aromatic carbocycles. The van der Waals surface area contributed by atoms with Gasteiger partial charge in [-0.15, -0.1) is 0 Å². The van der Waals surface area contributed by atoms with E-state index in [1.54, 1.807) is 12.1 Å². The van der Waals surface area contributed by atoms with Gasteiger partial charge in [-0.1, -0.05) is 63.2 Å². The number of rotatable bonds is 5. The molecule has 31 heavy (non-hydrogen) atoms. The number of nitrogens with one attached hydrogen (secondary N) is 1. The van der Waals surface area contributed by atoms with E-state index in [1.165, 1.54) is 6.07 Å². The number of carbonyl (C=O) groups is 1. The average molecular weight is 424 g/mol. The van der Waals surface area contributed by atoms with Crippen LogP contribution in [-0.2, 0) is 15.4 Å². The van der Waals surface area contributed by atoms with Crippen molar-refractivity contribution in [2.45, 2.75) is 52.3 Å². The lowest BCUT2D eigenvalue weighted by molar-refractivity contribution is -0.136. The van der Waals surface area contributed by atoms with Gasteiger partial charge in [0.2, 0.25) is 11.6 Å². The zero-order valence-corrected chi connectivity index (χ0v) is 18.6. The summed E-state index contributed by atoms with van der Waals surface area (Å²) in [5.41, 5.74) is 4.32. The van der Waals surface area contributed by atoms with Crippen LogP contribution in [0.1, 0.15) is 46.1 Å². The van der Waals surface area contributed by atoms with E-state index in [1.807, 2.05) is 49.1 Å². The summed E-state index contributed by atoms with van der Waals surface area (Å²) in [7, 11) is 0. The first-order chi connectivity index (χ1) is 14.8. The smallest absolute Gasteiger partial charge is 0.226 e. The monoisotopic (exact) mass is 423 g/mol. The number of carbonyl (C=O) groups excluding carboxylic acids is 1. The summed E-state index contributed by atoms with van der Waals surface area (Å²) >= 11 is 0. The summed E-state index contributed by atoms with van der Waals surface area (Å²) in [5, 5.41) is 0. The Morgan fingerprint density at radius 1 is 1.19 bits per heavy atom. The minimum absolute atomic E-state index is 0.0270. The summed E-state index contributed by atoms with van der Waals surface area (Å²) in [6.07, 6.45) is 1.82.